The Morgan fingerprint density at radius 3 is 2.21 bits per heavy atom. The molecule has 1 aliphatic rings. The van der Waals surface area contributed by atoms with Gasteiger partial charge in [-0.25, -0.2) is 4.79 Å². The average molecular weight is 343 g/mol. The number of alkyl halides is 3. The predicted octanol–water partition coefficient (Wildman–Crippen LogP) is 3.90. The molecule has 24 heavy (non-hydrogen) atoms. The maximum Gasteiger partial charge on any atom is 0.416 e. The van der Waals surface area contributed by atoms with E-state index in [4.69, 9.17) is 0 Å². The molecule has 0 aliphatic carbocycles. The molecule has 0 aromatic heterocycles. The Kier molecular flexibility index (Phi) is 6.10. The summed E-state index contributed by atoms with van der Waals surface area (Å²) >= 11 is 0. The maximum absolute atomic E-state index is 12.5. The topological polar surface area (TPSA) is 35.6 Å². The van der Waals surface area contributed by atoms with E-state index in [1.165, 1.54) is 12.1 Å². The number of carbonyl (C=O) groups excluding carboxylic acids is 1. The van der Waals surface area contributed by atoms with E-state index < -0.39 is 11.7 Å². The Labute approximate surface area is 140 Å². The fourth-order valence-corrected chi connectivity index (χ4v) is 2.56. The lowest BCUT2D eigenvalue weighted by Crippen LogP contribution is -2.50. The summed E-state index contributed by atoms with van der Waals surface area (Å²) in [5.74, 6) is 0.658. The molecule has 1 aromatic carbocycles. The van der Waals surface area contributed by atoms with E-state index in [-0.39, 0.29) is 6.03 Å². The van der Waals surface area contributed by atoms with Crippen LogP contribution in [0.1, 0.15) is 25.8 Å². The van der Waals surface area contributed by atoms with Crippen molar-refractivity contribution >= 4 is 11.7 Å². The Bertz CT molecular complexity index is 535. The lowest BCUT2D eigenvalue weighted by atomic mass is 10.1. The predicted molar refractivity (Wildman–Crippen MR) is 87.9 cm³/mol. The van der Waals surface area contributed by atoms with E-state index in [0.29, 0.717) is 24.7 Å². The molecule has 1 aromatic rings. The molecule has 1 N–H and O–H groups in total. The SMILES string of the molecule is CC(C)CCN1CCN(C(=O)Nc2ccc(C(F)(F)F)cc2)CC1. The van der Waals surface area contributed by atoms with E-state index in [2.05, 4.69) is 24.1 Å². The first-order chi connectivity index (χ1) is 11.3. The van der Waals surface area contributed by atoms with Crippen LogP contribution in [0.5, 0.6) is 0 Å². The number of rotatable bonds is 4. The molecule has 0 bridgehead atoms. The van der Waals surface area contributed by atoms with Crippen LogP contribution in [0, 0.1) is 5.92 Å². The molecular formula is C17H24F3N3O. The van der Waals surface area contributed by atoms with Gasteiger partial charge in [0.15, 0.2) is 0 Å². The second-order valence-corrected chi connectivity index (χ2v) is 6.52. The van der Waals surface area contributed by atoms with Gasteiger partial charge in [-0.2, -0.15) is 13.2 Å². The van der Waals surface area contributed by atoms with Gasteiger partial charge in [0.1, 0.15) is 0 Å². The Morgan fingerprint density at radius 1 is 1.12 bits per heavy atom. The van der Waals surface area contributed by atoms with Crippen molar-refractivity contribution in [2.45, 2.75) is 26.4 Å². The van der Waals surface area contributed by atoms with Gasteiger partial charge >= 0.3 is 12.2 Å². The lowest BCUT2D eigenvalue weighted by molar-refractivity contribution is -0.137. The summed E-state index contributed by atoms with van der Waals surface area (Å²) in [5, 5.41) is 2.66. The molecule has 1 aliphatic heterocycles. The molecular weight excluding hydrogens is 319 g/mol. The zero-order valence-corrected chi connectivity index (χ0v) is 14.1. The van der Waals surface area contributed by atoms with Crippen LogP contribution in [-0.4, -0.2) is 48.6 Å². The fraction of sp³-hybridized carbons (Fsp3) is 0.588. The molecule has 0 atom stereocenters. The summed E-state index contributed by atoms with van der Waals surface area (Å²) in [6.45, 7) is 8.32. The zero-order valence-electron chi connectivity index (χ0n) is 14.1. The van der Waals surface area contributed by atoms with Gasteiger partial charge in [0, 0.05) is 31.9 Å². The van der Waals surface area contributed by atoms with Gasteiger partial charge in [-0.15, -0.1) is 0 Å². The van der Waals surface area contributed by atoms with Gasteiger partial charge in [0.05, 0.1) is 5.56 Å². The molecule has 1 saturated heterocycles. The highest BCUT2D eigenvalue weighted by atomic mass is 19.4. The summed E-state index contributed by atoms with van der Waals surface area (Å²) < 4.78 is 37.6. The molecule has 2 rings (SSSR count). The van der Waals surface area contributed by atoms with Crippen molar-refractivity contribution in [3.63, 3.8) is 0 Å². The third-order valence-corrected chi connectivity index (χ3v) is 4.15. The minimum absolute atomic E-state index is 0.265. The number of benzene rings is 1. The van der Waals surface area contributed by atoms with Crippen LogP contribution in [0.3, 0.4) is 0 Å². The first kappa shape index (κ1) is 18.6. The van der Waals surface area contributed by atoms with Gasteiger partial charge in [0.2, 0.25) is 0 Å². The highest BCUT2D eigenvalue weighted by molar-refractivity contribution is 5.89. The quantitative estimate of drug-likeness (QED) is 0.900. The van der Waals surface area contributed by atoms with Crippen molar-refractivity contribution in [1.82, 2.24) is 9.80 Å². The van der Waals surface area contributed by atoms with Crippen LogP contribution in [0.15, 0.2) is 24.3 Å². The van der Waals surface area contributed by atoms with Crippen molar-refractivity contribution in [3.05, 3.63) is 29.8 Å². The number of nitrogens with one attached hydrogen (secondary N) is 1. The number of hydrogen-bond acceptors (Lipinski definition) is 2. The highest BCUT2D eigenvalue weighted by Crippen LogP contribution is 2.29. The van der Waals surface area contributed by atoms with Crippen molar-refractivity contribution in [2.75, 3.05) is 38.0 Å². The van der Waals surface area contributed by atoms with Gasteiger partial charge in [-0.3, -0.25) is 4.90 Å². The molecule has 1 heterocycles. The Balaban J connectivity index is 1.81. The minimum atomic E-state index is -4.37. The Hall–Kier alpha value is -1.76. The van der Waals surface area contributed by atoms with E-state index >= 15 is 0 Å². The van der Waals surface area contributed by atoms with Crippen LogP contribution < -0.4 is 5.32 Å². The molecule has 4 nitrogen and oxygen atoms in total. The van der Waals surface area contributed by atoms with Gasteiger partial charge < -0.3 is 10.2 Å². The smallest absolute Gasteiger partial charge is 0.322 e. The van der Waals surface area contributed by atoms with Crippen LogP contribution in [-0.2, 0) is 6.18 Å². The largest absolute Gasteiger partial charge is 0.416 e. The first-order valence-electron chi connectivity index (χ1n) is 8.21. The van der Waals surface area contributed by atoms with E-state index in [1.54, 1.807) is 4.90 Å². The normalized spacial score (nSPS) is 16.5. The molecule has 0 radical (unpaired) electrons. The third-order valence-electron chi connectivity index (χ3n) is 4.15. The first-order valence-corrected chi connectivity index (χ1v) is 8.21. The van der Waals surface area contributed by atoms with Gasteiger partial charge in [0.25, 0.3) is 0 Å². The van der Waals surface area contributed by atoms with Crippen molar-refractivity contribution < 1.29 is 18.0 Å². The molecule has 0 spiro atoms. The number of nitrogens with zero attached hydrogens (tertiary/aromatic N) is 2. The number of anilines is 1. The summed E-state index contributed by atoms with van der Waals surface area (Å²) in [5.41, 5.74) is -0.352. The lowest BCUT2D eigenvalue weighted by Gasteiger charge is -2.35. The van der Waals surface area contributed by atoms with Gasteiger partial charge in [-0.05, 0) is 43.1 Å². The number of piperazine rings is 1. The maximum atomic E-state index is 12.5. The summed E-state index contributed by atoms with van der Waals surface area (Å²) in [4.78, 5) is 16.2. The Morgan fingerprint density at radius 2 is 1.71 bits per heavy atom. The summed E-state index contributed by atoms with van der Waals surface area (Å²) in [6, 6.07) is 4.23. The van der Waals surface area contributed by atoms with Crippen molar-refractivity contribution in [1.29, 1.82) is 0 Å². The molecule has 0 unspecified atom stereocenters. The van der Waals surface area contributed by atoms with E-state index in [9.17, 15) is 18.0 Å². The molecule has 7 heteroatoms. The standard InChI is InChI=1S/C17H24F3N3O/c1-13(2)7-8-22-9-11-23(12-10-22)16(24)21-15-5-3-14(4-6-15)17(18,19)20/h3-6,13H,7-12H2,1-2H3,(H,21,24). The highest BCUT2D eigenvalue weighted by Gasteiger charge is 2.30. The zero-order chi connectivity index (χ0) is 17.7. The van der Waals surface area contributed by atoms with E-state index in [1.807, 2.05) is 0 Å². The number of urea groups is 1. The van der Waals surface area contributed by atoms with Crippen molar-refractivity contribution in [3.8, 4) is 0 Å². The molecule has 2 amide bonds. The second-order valence-electron chi connectivity index (χ2n) is 6.52. The molecule has 134 valence electrons. The average Bonchev–Trinajstić information content (AvgIpc) is 2.53. The van der Waals surface area contributed by atoms with Crippen LogP contribution in [0.2, 0.25) is 0 Å². The number of amides is 2. The van der Waals surface area contributed by atoms with Crippen LogP contribution >= 0.6 is 0 Å². The monoisotopic (exact) mass is 343 g/mol. The second kappa shape index (κ2) is 7.88. The molecule has 0 saturated carbocycles. The minimum Gasteiger partial charge on any atom is -0.322 e. The number of halogens is 3. The fourth-order valence-electron chi connectivity index (χ4n) is 2.56. The number of hydrogen-bond donors (Lipinski definition) is 1. The summed E-state index contributed by atoms with van der Waals surface area (Å²) in [6.07, 6.45) is -3.23. The van der Waals surface area contributed by atoms with Crippen molar-refractivity contribution in [2.24, 2.45) is 5.92 Å². The van der Waals surface area contributed by atoms with Gasteiger partial charge in [-0.1, -0.05) is 13.8 Å². The third kappa shape index (κ3) is 5.40. The molecule has 1 fully saturated rings. The number of carbonyl (C=O) groups is 1. The van der Waals surface area contributed by atoms with E-state index in [0.717, 1.165) is 38.2 Å². The van der Waals surface area contributed by atoms with Crippen LogP contribution in [0.4, 0.5) is 23.7 Å². The summed E-state index contributed by atoms with van der Waals surface area (Å²) in [7, 11) is 0. The van der Waals surface area contributed by atoms with Crippen LogP contribution in [0.25, 0.3) is 0 Å².